The number of nitrogens with zero attached hydrogens (tertiary/aromatic N) is 1. The Morgan fingerprint density at radius 3 is 2.82 bits per heavy atom. The monoisotopic (exact) mass is 169 g/mol. The molecule has 11 heavy (non-hydrogen) atoms. The molecule has 0 unspecified atom stereocenters. The SMILES string of the molecule is CCCCCc1nc(C)cs1. The summed E-state index contributed by atoms with van der Waals surface area (Å²) >= 11 is 1.79. The van der Waals surface area contributed by atoms with Crippen LogP contribution < -0.4 is 0 Å². The molecule has 0 saturated heterocycles. The molecule has 0 saturated carbocycles. The lowest BCUT2D eigenvalue weighted by Gasteiger charge is -1.92. The molecule has 62 valence electrons. The minimum absolute atomic E-state index is 1.17. The summed E-state index contributed by atoms with van der Waals surface area (Å²) in [5.74, 6) is 0. The van der Waals surface area contributed by atoms with E-state index in [9.17, 15) is 0 Å². The fourth-order valence-corrected chi connectivity index (χ4v) is 1.86. The fraction of sp³-hybridized carbons (Fsp3) is 0.667. The molecule has 0 amide bonds. The molecule has 1 nitrogen and oxygen atoms in total. The second-order valence-electron chi connectivity index (χ2n) is 2.84. The van der Waals surface area contributed by atoms with E-state index in [0.29, 0.717) is 0 Å². The van der Waals surface area contributed by atoms with E-state index in [4.69, 9.17) is 0 Å². The molecule has 0 radical (unpaired) electrons. The molecule has 0 fully saturated rings. The topological polar surface area (TPSA) is 12.9 Å². The highest BCUT2D eigenvalue weighted by molar-refractivity contribution is 7.09. The van der Waals surface area contributed by atoms with E-state index in [2.05, 4.69) is 24.2 Å². The van der Waals surface area contributed by atoms with Crippen molar-refractivity contribution in [1.82, 2.24) is 4.98 Å². The van der Waals surface area contributed by atoms with Crippen molar-refractivity contribution in [2.24, 2.45) is 0 Å². The van der Waals surface area contributed by atoms with E-state index in [1.807, 2.05) is 0 Å². The number of rotatable bonds is 4. The minimum Gasteiger partial charge on any atom is -0.247 e. The average Bonchev–Trinajstić information content (AvgIpc) is 2.37. The Hall–Kier alpha value is -0.370. The number of unbranched alkanes of at least 4 members (excludes halogenated alkanes) is 2. The predicted molar refractivity (Wildman–Crippen MR) is 50.1 cm³/mol. The van der Waals surface area contributed by atoms with Gasteiger partial charge in [-0.05, 0) is 19.8 Å². The van der Waals surface area contributed by atoms with Crippen LogP contribution in [0.1, 0.15) is 36.9 Å². The highest BCUT2D eigenvalue weighted by Crippen LogP contribution is 2.11. The number of thiazole rings is 1. The second-order valence-corrected chi connectivity index (χ2v) is 3.78. The van der Waals surface area contributed by atoms with E-state index in [-0.39, 0.29) is 0 Å². The number of hydrogen-bond acceptors (Lipinski definition) is 2. The van der Waals surface area contributed by atoms with Crippen LogP contribution in [0.4, 0.5) is 0 Å². The van der Waals surface area contributed by atoms with Crippen molar-refractivity contribution in [3.8, 4) is 0 Å². The van der Waals surface area contributed by atoms with Crippen molar-refractivity contribution < 1.29 is 0 Å². The molecular formula is C9H15NS. The Kier molecular flexibility index (Phi) is 3.57. The van der Waals surface area contributed by atoms with Crippen LogP contribution >= 0.6 is 11.3 Å². The smallest absolute Gasteiger partial charge is 0.0928 e. The molecule has 0 aliphatic heterocycles. The van der Waals surface area contributed by atoms with Gasteiger partial charge in [-0.1, -0.05) is 19.8 Å². The molecule has 0 aliphatic carbocycles. The zero-order valence-electron chi connectivity index (χ0n) is 7.26. The van der Waals surface area contributed by atoms with Crippen LogP contribution in [-0.4, -0.2) is 4.98 Å². The summed E-state index contributed by atoms with van der Waals surface area (Å²) in [7, 11) is 0. The maximum absolute atomic E-state index is 4.40. The van der Waals surface area contributed by atoms with Gasteiger partial charge in [0.25, 0.3) is 0 Å². The summed E-state index contributed by atoms with van der Waals surface area (Å²) in [6, 6.07) is 0. The van der Waals surface area contributed by atoms with Crippen molar-refractivity contribution in [1.29, 1.82) is 0 Å². The molecule has 0 atom stereocenters. The van der Waals surface area contributed by atoms with Crippen molar-refractivity contribution in [2.45, 2.75) is 39.5 Å². The van der Waals surface area contributed by atoms with Gasteiger partial charge in [0.05, 0.1) is 5.01 Å². The van der Waals surface area contributed by atoms with Crippen LogP contribution in [0.2, 0.25) is 0 Å². The van der Waals surface area contributed by atoms with Gasteiger partial charge in [0.15, 0.2) is 0 Å². The fourth-order valence-electron chi connectivity index (χ4n) is 1.04. The molecule has 1 rings (SSSR count). The van der Waals surface area contributed by atoms with Gasteiger partial charge in [0.1, 0.15) is 0 Å². The van der Waals surface area contributed by atoms with Crippen LogP contribution in [0.25, 0.3) is 0 Å². The first kappa shape index (κ1) is 8.72. The van der Waals surface area contributed by atoms with Gasteiger partial charge >= 0.3 is 0 Å². The van der Waals surface area contributed by atoms with Gasteiger partial charge in [-0.3, -0.25) is 0 Å². The van der Waals surface area contributed by atoms with E-state index in [0.717, 1.165) is 0 Å². The molecule has 0 N–H and O–H groups in total. The lowest BCUT2D eigenvalue weighted by atomic mass is 10.2. The lowest BCUT2D eigenvalue weighted by Crippen LogP contribution is -1.83. The quantitative estimate of drug-likeness (QED) is 0.631. The van der Waals surface area contributed by atoms with Gasteiger partial charge in [0.2, 0.25) is 0 Å². The summed E-state index contributed by atoms with van der Waals surface area (Å²) in [5, 5.41) is 3.43. The number of aromatic nitrogens is 1. The Balaban J connectivity index is 2.27. The molecule has 1 aromatic heterocycles. The Bertz CT molecular complexity index is 205. The van der Waals surface area contributed by atoms with Crippen molar-refractivity contribution >= 4 is 11.3 Å². The summed E-state index contributed by atoms with van der Waals surface area (Å²) in [4.78, 5) is 4.40. The van der Waals surface area contributed by atoms with E-state index < -0.39 is 0 Å². The van der Waals surface area contributed by atoms with E-state index in [1.165, 1.54) is 36.4 Å². The zero-order valence-corrected chi connectivity index (χ0v) is 8.08. The third-order valence-corrected chi connectivity index (χ3v) is 2.69. The predicted octanol–water partition coefficient (Wildman–Crippen LogP) is 3.18. The molecule has 1 aromatic rings. The van der Waals surface area contributed by atoms with Crippen LogP contribution in [-0.2, 0) is 6.42 Å². The maximum Gasteiger partial charge on any atom is 0.0928 e. The van der Waals surface area contributed by atoms with Crippen molar-refractivity contribution in [2.75, 3.05) is 0 Å². The van der Waals surface area contributed by atoms with E-state index in [1.54, 1.807) is 11.3 Å². The largest absolute Gasteiger partial charge is 0.247 e. The normalized spacial score (nSPS) is 10.4. The first-order valence-electron chi connectivity index (χ1n) is 4.24. The second kappa shape index (κ2) is 4.50. The van der Waals surface area contributed by atoms with Crippen molar-refractivity contribution in [3.63, 3.8) is 0 Å². The highest BCUT2D eigenvalue weighted by atomic mass is 32.1. The zero-order chi connectivity index (χ0) is 8.10. The molecule has 0 aliphatic rings. The first-order valence-corrected chi connectivity index (χ1v) is 5.12. The lowest BCUT2D eigenvalue weighted by molar-refractivity contribution is 0.714. The van der Waals surface area contributed by atoms with Gasteiger partial charge in [0, 0.05) is 11.1 Å². The van der Waals surface area contributed by atoms with Crippen LogP contribution in [0, 0.1) is 6.92 Å². The maximum atomic E-state index is 4.40. The van der Waals surface area contributed by atoms with Crippen LogP contribution in [0.15, 0.2) is 5.38 Å². The summed E-state index contributed by atoms with van der Waals surface area (Å²) in [5.41, 5.74) is 1.17. The summed E-state index contributed by atoms with van der Waals surface area (Å²) < 4.78 is 0. The molecule has 2 heteroatoms. The third-order valence-electron chi connectivity index (χ3n) is 1.66. The van der Waals surface area contributed by atoms with Gasteiger partial charge in [-0.2, -0.15) is 0 Å². The molecule has 0 bridgehead atoms. The highest BCUT2D eigenvalue weighted by Gasteiger charge is 1.96. The minimum atomic E-state index is 1.17. The molecule has 0 aromatic carbocycles. The van der Waals surface area contributed by atoms with Gasteiger partial charge in [-0.15, -0.1) is 11.3 Å². The molecular weight excluding hydrogens is 154 g/mol. The Labute approximate surface area is 72.5 Å². The number of hydrogen-bond donors (Lipinski definition) is 0. The Morgan fingerprint density at radius 1 is 1.45 bits per heavy atom. The van der Waals surface area contributed by atoms with Gasteiger partial charge in [-0.25, -0.2) is 4.98 Å². The van der Waals surface area contributed by atoms with Crippen LogP contribution in [0.5, 0.6) is 0 Å². The first-order chi connectivity index (χ1) is 5.33. The molecule has 1 heterocycles. The van der Waals surface area contributed by atoms with Crippen molar-refractivity contribution in [3.05, 3.63) is 16.1 Å². The number of aryl methyl sites for hydroxylation is 2. The molecule has 0 spiro atoms. The average molecular weight is 169 g/mol. The summed E-state index contributed by atoms with van der Waals surface area (Å²) in [6.45, 7) is 4.28. The van der Waals surface area contributed by atoms with Crippen LogP contribution in [0.3, 0.4) is 0 Å². The van der Waals surface area contributed by atoms with E-state index >= 15 is 0 Å². The Morgan fingerprint density at radius 2 is 2.27 bits per heavy atom. The van der Waals surface area contributed by atoms with Gasteiger partial charge < -0.3 is 0 Å². The third kappa shape index (κ3) is 3.02. The summed E-state index contributed by atoms with van der Waals surface area (Å²) in [6.07, 6.45) is 5.10. The standard InChI is InChI=1S/C9H15NS/c1-3-4-5-6-9-10-8(2)7-11-9/h7H,3-6H2,1-2H3.